The van der Waals surface area contributed by atoms with E-state index in [2.05, 4.69) is 38.3 Å². The van der Waals surface area contributed by atoms with Crippen molar-refractivity contribution in [1.29, 1.82) is 0 Å². The molecule has 2 atom stereocenters. The average Bonchev–Trinajstić information content (AvgIpc) is 3.86. The molecule has 0 spiro atoms. The smallest absolute Gasteiger partial charge is 0.250 e. The van der Waals surface area contributed by atoms with Crippen LogP contribution in [0.2, 0.25) is 0 Å². The van der Waals surface area contributed by atoms with Gasteiger partial charge in [-0.1, -0.05) is 220 Å². The number of nitrogens with one attached hydrogen (secondary N) is 2. The highest BCUT2D eigenvalue weighted by molar-refractivity contribution is 6.14. The summed E-state index contributed by atoms with van der Waals surface area (Å²) in [5.74, 6) is 2.33. The van der Waals surface area contributed by atoms with E-state index in [-0.39, 0.29) is 11.8 Å². The Morgan fingerprint density at radius 1 is 0.333 bits per heavy atom. The average molecular weight is 915 g/mol. The zero-order valence-corrected chi connectivity index (χ0v) is 42.5. The predicted octanol–water partition coefficient (Wildman–Crippen LogP) is 16.1. The van der Waals surface area contributed by atoms with Crippen LogP contribution in [0.3, 0.4) is 0 Å². The van der Waals surface area contributed by atoms with Crippen molar-refractivity contribution in [2.75, 3.05) is 26.4 Å². The van der Waals surface area contributed by atoms with Gasteiger partial charge >= 0.3 is 0 Å². The number of hydrogen-bond donors (Lipinski definition) is 2. The summed E-state index contributed by atoms with van der Waals surface area (Å²) in [4.78, 5) is 27.8. The van der Waals surface area contributed by atoms with Crippen LogP contribution < -0.4 is 29.6 Å². The van der Waals surface area contributed by atoms with Gasteiger partial charge in [0.2, 0.25) is 0 Å². The highest BCUT2D eigenvalue weighted by atomic mass is 16.5. The van der Waals surface area contributed by atoms with Gasteiger partial charge in [0.1, 0.15) is 0 Å². The Kier molecular flexibility index (Phi) is 28.8. The van der Waals surface area contributed by atoms with Crippen LogP contribution in [0.1, 0.15) is 256 Å². The molecule has 0 saturated heterocycles. The molecule has 2 amide bonds. The summed E-state index contributed by atoms with van der Waals surface area (Å²) in [7, 11) is 0. The Hall–Kier alpha value is -3.68. The van der Waals surface area contributed by atoms with Crippen molar-refractivity contribution in [2.24, 2.45) is 0 Å². The van der Waals surface area contributed by atoms with Gasteiger partial charge in [0.15, 0.2) is 23.0 Å². The summed E-state index contributed by atoms with van der Waals surface area (Å²) < 4.78 is 25.6. The van der Waals surface area contributed by atoms with Crippen molar-refractivity contribution >= 4 is 11.8 Å². The quantitative estimate of drug-likeness (QED) is 0.0644. The number of rotatable bonds is 42. The Balaban J connectivity index is 1.44. The summed E-state index contributed by atoms with van der Waals surface area (Å²) in [6, 6.07) is 10.7. The van der Waals surface area contributed by atoms with E-state index in [9.17, 15) is 9.59 Å². The largest absolute Gasteiger partial charge is 0.490 e. The number of hydrogen-bond acceptors (Lipinski definition) is 6. The van der Waals surface area contributed by atoms with Gasteiger partial charge in [-0.3, -0.25) is 9.59 Å². The third kappa shape index (κ3) is 20.3. The molecule has 2 N–H and O–H groups in total. The lowest BCUT2D eigenvalue weighted by atomic mass is 9.95. The maximum atomic E-state index is 13.9. The lowest BCUT2D eigenvalue weighted by molar-refractivity contribution is -0.118. The molecule has 2 aliphatic rings. The van der Waals surface area contributed by atoms with Crippen LogP contribution in [0.5, 0.6) is 23.0 Å². The number of benzene rings is 2. The second-order valence-electron chi connectivity index (χ2n) is 19.3. The van der Waals surface area contributed by atoms with Crippen LogP contribution in [-0.4, -0.2) is 38.2 Å². The highest BCUT2D eigenvalue weighted by Gasteiger charge is 2.46. The summed E-state index contributed by atoms with van der Waals surface area (Å²) in [5.41, 5.74) is 2.58. The third-order valence-electron chi connectivity index (χ3n) is 13.5. The van der Waals surface area contributed by atoms with Crippen molar-refractivity contribution in [3.63, 3.8) is 0 Å². The van der Waals surface area contributed by atoms with Crippen LogP contribution in [0.15, 0.2) is 47.5 Å². The van der Waals surface area contributed by atoms with Crippen LogP contribution in [0, 0.1) is 0 Å². The van der Waals surface area contributed by atoms with Gasteiger partial charge in [0.05, 0.1) is 49.7 Å². The van der Waals surface area contributed by atoms with Gasteiger partial charge in [0.25, 0.3) is 11.8 Å². The monoisotopic (exact) mass is 915 g/mol. The van der Waals surface area contributed by atoms with Gasteiger partial charge in [-0.25, -0.2) is 0 Å². The summed E-state index contributed by atoms with van der Waals surface area (Å²) in [6.45, 7) is 11.5. The fourth-order valence-corrected chi connectivity index (χ4v) is 9.42. The molecule has 2 heterocycles. The first-order valence-corrected chi connectivity index (χ1v) is 27.7. The molecule has 66 heavy (non-hydrogen) atoms. The molecule has 2 aliphatic heterocycles. The van der Waals surface area contributed by atoms with Crippen LogP contribution in [-0.2, 0) is 9.59 Å². The molecule has 8 heteroatoms. The van der Waals surface area contributed by atoms with Crippen molar-refractivity contribution < 1.29 is 28.5 Å². The standard InChI is InChI=1S/C58H94N2O6/c1-5-9-13-17-21-25-29-33-41-63-49-39-37-47(45-51(49)65-43-35-31-27-23-19-15-11-7-3)55-53-54(58(62)59-55)56(60-57(53)61)48-38-40-50(64-42-34-30-26-22-18-14-10-6-2)52(46-48)66-44-36-32-28-24-20-16-12-8-4/h37-40,45-46,55-56H,5-36,41-44H2,1-4H3,(H,59,62)(H,60,61). The number of carbonyl (C=O) groups is 2. The van der Waals surface area contributed by atoms with Crippen LogP contribution in [0.25, 0.3) is 0 Å². The summed E-state index contributed by atoms with van der Waals surface area (Å²) in [5, 5.41) is 6.33. The van der Waals surface area contributed by atoms with E-state index >= 15 is 0 Å². The molecule has 0 aromatic heterocycles. The molecular weight excluding hydrogens is 821 g/mol. The Morgan fingerprint density at radius 2 is 0.576 bits per heavy atom. The van der Waals surface area contributed by atoms with Crippen LogP contribution in [0.4, 0.5) is 0 Å². The van der Waals surface area contributed by atoms with Gasteiger partial charge in [-0.05, 0) is 61.1 Å². The molecule has 8 nitrogen and oxygen atoms in total. The lowest BCUT2D eigenvalue weighted by Gasteiger charge is -2.20. The molecule has 4 rings (SSSR count). The fourth-order valence-electron chi connectivity index (χ4n) is 9.42. The van der Waals surface area contributed by atoms with E-state index in [0.717, 1.165) is 74.0 Å². The maximum absolute atomic E-state index is 13.9. The zero-order chi connectivity index (χ0) is 46.9. The van der Waals surface area contributed by atoms with Crippen LogP contribution >= 0.6 is 0 Å². The van der Waals surface area contributed by atoms with E-state index in [4.69, 9.17) is 18.9 Å². The number of unbranched alkanes of at least 4 members (excludes halogenated alkanes) is 28. The molecule has 2 aromatic carbocycles. The van der Waals surface area contributed by atoms with E-state index < -0.39 is 12.1 Å². The molecule has 2 aromatic rings. The predicted molar refractivity (Wildman–Crippen MR) is 274 cm³/mol. The van der Waals surface area contributed by atoms with Gasteiger partial charge < -0.3 is 29.6 Å². The minimum Gasteiger partial charge on any atom is -0.490 e. The molecule has 0 fully saturated rings. The fraction of sp³-hybridized carbons (Fsp3) is 0.724. The third-order valence-corrected chi connectivity index (χ3v) is 13.5. The highest BCUT2D eigenvalue weighted by Crippen LogP contribution is 2.44. The first kappa shape index (κ1) is 54.9. The Bertz CT molecular complexity index is 1540. The van der Waals surface area contributed by atoms with Crippen molar-refractivity contribution in [3.8, 4) is 23.0 Å². The number of amides is 2. The molecule has 0 radical (unpaired) electrons. The summed E-state index contributed by atoms with van der Waals surface area (Å²) >= 11 is 0. The molecule has 2 unspecified atom stereocenters. The van der Waals surface area contributed by atoms with E-state index in [1.807, 2.05) is 36.4 Å². The maximum Gasteiger partial charge on any atom is 0.250 e. The zero-order valence-electron chi connectivity index (χ0n) is 42.5. The normalized spacial score (nSPS) is 15.6. The summed E-state index contributed by atoms with van der Waals surface area (Å²) in [6.07, 6.45) is 39.5. The second-order valence-corrected chi connectivity index (χ2v) is 19.3. The SMILES string of the molecule is CCCCCCCCCCOc1ccc(C2NC(=O)C3=C2C(=O)NC3c2ccc(OCCCCCCCCCC)c(OCCCCCCCCCC)c2)cc1OCCCCCCCCCC. The lowest BCUT2D eigenvalue weighted by Crippen LogP contribution is -2.33. The Labute approximate surface area is 402 Å². The van der Waals surface area contributed by atoms with E-state index in [1.165, 1.54) is 154 Å². The van der Waals surface area contributed by atoms with Gasteiger partial charge in [-0.2, -0.15) is 0 Å². The number of ether oxygens (including phenoxy) is 4. The molecule has 0 saturated carbocycles. The van der Waals surface area contributed by atoms with Crippen molar-refractivity contribution in [1.82, 2.24) is 10.6 Å². The minimum atomic E-state index is -0.586. The van der Waals surface area contributed by atoms with Crippen molar-refractivity contribution in [2.45, 2.75) is 245 Å². The molecule has 372 valence electrons. The minimum absolute atomic E-state index is 0.230. The molecule has 0 bridgehead atoms. The van der Waals surface area contributed by atoms with E-state index in [0.29, 0.717) is 49.1 Å². The van der Waals surface area contributed by atoms with Gasteiger partial charge in [0, 0.05) is 0 Å². The van der Waals surface area contributed by atoms with Crippen molar-refractivity contribution in [3.05, 3.63) is 58.7 Å². The molecular formula is C58H94N2O6. The topological polar surface area (TPSA) is 95.1 Å². The first-order chi connectivity index (χ1) is 32.5. The molecule has 0 aliphatic carbocycles. The van der Waals surface area contributed by atoms with Gasteiger partial charge in [-0.15, -0.1) is 0 Å². The first-order valence-electron chi connectivity index (χ1n) is 27.7. The Morgan fingerprint density at radius 3 is 0.848 bits per heavy atom. The van der Waals surface area contributed by atoms with E-state index in [1.54, 1.807) is 0 Å². The second kappa shape index (κ2) is 34.6. The number of carbonyl (C=O) groups excluding carboxylic acids is 2.